The van der Waals surface area contributed by atoms with Crippen molar-refractivity contribution in [1.82, 2.24) is 10.3 Å². The number of amides is 1. The first-order valence-electron chi connectivity index (χ1n) is 6.11. The minimum Gasteiger partial charge on any atom is -0.348 e. The van der Waals surface area contributed by atoms with Crippen molar-refractivity contribution in [2.45, 2.75) is 25.3 Å². The van der Waals surface area contributed by atoms with Gasteiger partial charge in [-0.2, -0.15) is 5.26 Å². The Morgan fingerprint density at radius 3 is 3.00 bits per heavy atom. The number of hydrogen-bond donors (Lipinski definition) is 2. The van der Waals surface area contributed by atoms with Crippen LogP contribution in [0.5, 0.6) is 0 Å². The van der Waals surface area contributed by atoms with Crippen LogP contribution in [0.2, 0.25) is 0 Å². The SMILES string of the molecule is N#Cc1ccc(C(=O)NC2CCCC2CN)nc1. The highest BCUT2D eigenvalue weighted by Crippen LogP contribution is 2.24. The number of nitrogens with two attached hydrogens (primary N) is 1. The summed E-state index contributed by atoms with van der Waals surface area (Å²) in [4.78, 5) is 15.9. The van der Waals surface area contributed by atoms with Crippen LogP contribution in [-0.4, -0.2) is 23.5 Å². The Morgan fingerprint density at radius 1 is 1.56 bits per heavy atom. The molecule has 94 valence electrons. The number of carbonyl (C=O) groups is 1. The lowest BCUT2D eigenvalue weighted by atomic mass is 10.0. The number of nitrogens with zero attached hydrogens (tertiary/aromatic N) is 2. The van der Waals surface area contributed by atoms with E-state index in [4.69, 9.17) is 11.0 Å². The first-order valence-corrected chi connectivity index (χ1v) is 6.11. The molecule has 0 radical (unpaired) electrons. The van der Waals surface area contributed by atoms with Crippen molar-refractivity contribution in [3.63, 3.8) is 0 Å². The predicted molar refractivity (Wildman–Crippen MR) is 66.6 cm³/mol. The maximum atomic E-state index is 12.0. The highest BCUT2D eigenvalue weighted by atomic mass is 16.1. The quantitative estimate of drug-likeness (QED) is 0.823. The highest BCUT2D eigenvalue weighted by Gasteiger charge is 2.27. The van der Waals surface area contributed by atoms with Crippen molar-refractivity contribution in [3.05, 3.63) is 29.6 Å². The number of rotatable bonds is 3. The van der Waals surface area contributed by atoms with Crippen LogP contribution < -0.4 is 11.1 Å². The van der Waals surface area contributed by atoms with Crippen molar-refractivity contribution < 1.29 is 4.79 Å². The van der Waals surface area contributed by atoms with Crippen LogP contribution in [0.4, 0.5) is 0 Å². The second kappa shape index (κ2) is 5.61. The molecule has 0 bridgehead atoms. The molecule has 0 aliphatic heterocycles. The summed E-state index contributed by atoms with van der Waals surface area (Å²) in [5.74, 6) is 0.178. The fraction of sp³-hybridized carbons (Fsp3) is 0.462. The third-order valence-corrected chi connectivity index (χ3v) is 3.40. The summed E-state index contributed by atoms with van der Waals surface area (Å²) in [6.45, 7) is 0.603. The molecule has 1 aromatic heterocycles. The van der Waals surface area contributed by atoms with Gasteiger partial charge in [0.25, 0.3) is 5.91 Å². The molecule has 18 heavy (non-hydrogen) atoms. The first-order chi connectivity index (χ1) is 8.74. The largest absolute Gasteiger partial charge is 0.348 e. The molecule has 1 heterocycles. The van der Waals surface area contributed by atoms with E-state index in [2.05, 4.69) is 10.3 Å². The van der Waals surface area contributed by atoms with Crippen LogP contribution in [0.15, 0.2) is 18.3 Å². The van der Waals surface area contributed by atoms with Crippen molar-refractivity contribution in [3.8, 4) is 6.07 Å². The van der Waals surface area contributed by atoms with E-state index in [0.29, 0.717) is 23.7 Å². The normalized spacial score (nSPS) is 22.4. The van der Waals surface area contributed by atoms with Crippen LogP contribution in [0.25, 0.3) is 0 Å². The van der Waals surface area contributed by atoms with E-state index in [0.717, 1.165) is 19.3 Å². The summed E-state index contributed by atoms with van der Waals surface area (Å²) < 4.78 is 0. The van der Waals surface area contributed by atoms with Gasteiger partial charge in [-0.1, -0.05) is 6.42 Å². The van der Waals surface area contributed by atoms with Crippen molar-refractivity contribution >= 4 is 5.91 Å². The molecular formula is C13H16N4O. The maximum absolute atomic E-state index is 12.0. The monoisotopic (exact) mass is 244 g/mol. The van der Waals surface area contributed by atoms with Gasteiger partial charge in [0.05, 0.1) is 5.56 Å². The Labute approximate surface area is 106 Å². The summed E-state index contributed by atoms with van der Waals surface area (Å²) in [7, 11) is 0. The first kappa shape index (κ1) is 12.5. The molecule has 1 aliphatic rings. The van der Waals surface area contributed by atoms with E-state index in [1.807, 2.05) is 6.07 Å². The van der Waals surface area contributed by atoms with Gasteiger partial charge in [-0.3, -0.25) is 4.79 Å². The van der Waals surface area contributed by atoms with Gasteiger partial charge in [0.2, 0.25) is 0 Å². The molecule has 1 aliphatic carbocycles. The van der Waals surface area contributed by atoms with Gasteiger partial charge >= 0.3 is 0 Å². The van der Waals surface area contributed by atoms with Gasteiger partial charge in [0.1, 0.15) is 11.8 Å². The molecule has 5 heteroatoms. The van der Waals surface area contributed by atoms with Crippen LogP contribution in [0.1, 0.15) is 35.3 Å². The Kier molecular flexibility index (Phi) is 3.90. The summed E-state index contributed by atoms with van der Waals surface area (Å²) in [6, 6.07) is 5.29. The number of nitriles is 1. The third kappa shape index (κ3) is 2.66. The molecule has 1 amide bonds. The van der Waals surface area contributed by atoms with Gasteiger partial charge in [-0.25, -0.2) is 4.98 Å². The number of aromatic nitrogens is 1. The highest BCUT2D eigenvalue weighted by molar-refractivity contribution is 5.92. The lowest BCUT2D eigenvalue weighted by Crippen LogP contribution is -2.40. The molecule has 2 atom stereocenters. The Balaban J connectivity index is 2.01. The molecule has 2 unspecified atom stereocenters. The zero-order chi connectivity index (χ0) is 13.0. The molecule has 5 nitrogen and oxygen atoms in total. The molecule has 0 aromatic carbocycles. The zero-order valence-electron chi connectivity index (χ0n) is 10.1. The van der Waals surface area contributed by atoms with Crippen LogP contribution in [-0.2, 0) is 0 Å². The van der Waals surface area contributed by atoms with Gasteiger partial charge < -0.3 is 11.1 Å². The fourth-order valence-electron chi connectivity index (χ4n) is 2.35. The predicted octanol–water partition coefficient (Wildman–Crippen LogP) is 0.810. The van der Waals surface area contributed by atoms with Crippen LogP contribution in [0.3, 0.4) is 0 Å². The van der Waals surface area contributed by atoms with Crippen LogP contribution in [0, 0.1) is 17.2 Å². The minimum atomic E-state index is -0.190. The summed E-state index contributed by atoms with van der Waals surface area (Å²) in [5.41, 5.74) is 6.47. The van der Waals surface area contributed by atoms with Crippen molar-refractivity contribution in [2.75, 3.05) is 6.54 Å². The zero-order valence-corrected chi connectivity index (χ0v) is 10.1. The van der Waals surface area contributed by atoms with E-state index in [-0.39, 0.29) is 11.9 Å². The third-order valence-electron chi connectivity index (χ3n) is 3.40. The van der Waals surface area contributed by atoms with Crippen LogP contribution >= 0.6 is 0 Å². The van der Waals surface area contributed by atoms with Gasteiger partial charge in [-0.05, 0) is 37.4 Å². The summed E-state index contributed by atoms with van der Waals surface area (Å²) >= 11 is 0. The lowest BCUT2D eigenvalue weighted by molar-refractivity contribution is 0.0923. The van der Waals surface area contributed by atoms with Gasteiger partial charge in [0.15, 0.2) is 0 Å². The number of carbonyl (C=O) groups excluding carboxylic acids is 1. The minimum absolute atomic E-state index is 0.153. The fourth-order valence-corrected chi connectivity index (χ4v) is 2.35. The molecule has 1 fully saturated rings. The summed E-state index contributed by atoms with van der Waals surface area (Å²) in [6.07, 6.45) is 4.56. The Hall–Kier alpha value is -1.93. The molecule has 1 saturated carbocycles. The Morgan fingerprint density at radius 2 is 2.39 bits per heavy atom. The average Bonchev–Trinajstić information content (AvgIpc) is 2.86. The molecule has 0 saturated heterocycles. The molecule has 1 aromatic rings. The van der Waals surface area contributed by atoms with Crippen molar-refractivity contribution in [1.29, 1.82) is 5.26 Å². The number of hydrogen-bond acceptors (Lipinski definition) is 4. The standard InChI is InChI=1S/C13H16N4O/c14-6-9-4-5-12(16-8-9)13(18)17-11-3-1-2-10(11)7-15/h4-5,8,10-11H,1-3,7,15H2,(H,17,18). The van der Waals surface area contributed by atoms with Gasteiger partial charge in [0, 0.05) is 12.2 Å². The molecule has 3 N–H and O–H groups in total. The topological polar surface area (TPSA) is 91.8 Å². The van der Waals surface area contributed by atoms with Crippen molar-refractivity contribution in [2.24, 2.45) is 11.7 Å². The van der Waals surface area contributed by atoms with E-state index < -0.39 is 0 Å². The molecule has 2 rings (SSSR count). The Bertz CT molecular complexity index is 463. The second-order valence-electron chi connectivity index (χ2n) is 4.55. The second-order valence-corrected chi connectivity index (χ2v) is 4.55. The van der Waals surface area contributed by atoms with Gasteiger partial charge in [-0.15, -0.1) is 0 Å². The molecular weight excluding hydrogens is 228 g/mol. The number of pyridine rings is 1. The van der Waals surface area contributed by atoms with E-state index in [1.165, 1.54) is 6.20 Å². The smallest absolute Gasteiger partial charge is 0.270 e. The lowest BCUT2D eigenvalue weighted by Gasteiger charge is -2.19. The number of nitrogens with one attached hydrogen (secondary N) is 1. The summed E-state index contributed by atoms with van der Waals surface area (Å²) in [5, 5.41) is 11.6. The van der Waals surface area contributed by atoms with E-state index in [9.17, 15) is 4.79 Å². The van der Waals surface area contributed by atoms with E-state index in [1.54, 1.807) is 12.1 Å². The molecule has 0 spiro atoms. The van der Waals surface area contributed by atoms with E-state index >= 15 is 0 Å². The maximum Gasteiger partial charge on any atom is 0.270 e. The average molecular weight is 244 g/mol.